The zero-order chi connectivity index (χ0) is 8.10. The molecule has 2 nitrogen and oxygen atoms in total. The van der Waals surface area contributed by atoms with Gasteiger partial charge in [-0.1, -0.05) is 30.3 Å². The molecule has 0 atom stereocenters. The van der Waals surface area contributed by atoms with Crippen molar-refractivity contribution >= 4 is 29.4 Å². The second-order valence-electron chi connectivity index (χ2n) is 2.08. The third-order valence-electron chi connectivity index (χ3n) is 1.22. The first-order chi connectivity index (χ1) is 5.29. The van der Waals surface area contributed by atoms with Crippen molar-refractivity contribution in [3.05, 3.63) is 42.0 Å². The summed E-state index contributed by atoms with van der Waals surface area (Å²) in [5, 5.41) is 8.29. The van der Waals surface area contributed by atoms with Gasteiger partial charge in [0.05, 0.1) is 0 Å². The van der Waals surface area contributed by atoms with Crippen molar-refractivity contribution in [1.82, 2.24) is 0 Å². The van der Waals surface area contributed by atoms with Crippen LogP contribution in [0.4, 0.5) is 0 Å². The molecule has 0 saturated carbocycles. The summed E-state index contributed by atoms with van der Waals surface area (Å²) in [5.74, 6) is -0.922. The number of hydrogen-bond acceptors (Lipinski definition) is 1. The number of aliphatic carboxylic acids is 1. The minimum Gasteiger partial charge on any atom is -0.478 e. The van der Waals surface area contributed by atoms with E-state index >= 15 is 0 Å². The third-order valence-corrected chi connectivity index (χ3v) is 1.22. The molecule has 0 radical (unpaired) electrons. The van der Waals surface area contributed by atoms with Crippen molar-refractivity contribution in [3.63, 3.8) is 0 Å². The largest absolute Gasteiger partial charge is 0.478 e. The monoisotopic (exact) mass is 178 g/mol. The molecular formula is C9H11AlO2. The van der Waals surface area contributed by atoms with Gasteiger partial charge >= 0.3 is 5.97 Å². The number of carboxylic acids is 1. The predicted octanol–water partition coefficient (Wildman–Crippen LogP) is 0.600. The Labute approximate surface area is 81.7 Å². The molecule has 0 saturated heterocycles. The van der Waals surface area contributed by atoms with Crippen molar-refractivity contribution in [2.45, 2.75) is 0 Å². The SMILES string of the molecule is O=C(O)C=Cc1ccccc1.[AlH3]. The second kappa shape index (κ2) is 5.59. The maximum Gasteiger partial charge on any atom is 0.328 e. The Morgan fingerprint density at radius 1 is 1.25 bits per heavy atom. The number of hydrogen-bond donors (Lipinski definition) is 1. The highest BCUT2D eigenvalue weighted by Crippen LogP contribution is 1.99. The van der Waals surface area contributed by atoms with Gasteiger partial charge < -0.3 is 5.11 Å². The minimum absolute atomic E-state index is 0. The molecule has 0 bridgehead atoms. The normalized spacial score (nSPS) is 9.33. The van der Waals surface area contributed by atoms with E-state index in [0.29, 0.717) is 0 Å². The lowest BCUT2D eigenvalue weighted by Crippen LogP contribution is -1.85. The zero-order valence-electron chi connectivity index (χ0n) is 5.90. The maximum absolute atomic E-state index is 10.1. The Morgan fingerprint density at radius 2 is 1.83 bits per heavy atom. The molecule has 0 heterocycles. The van der Waals surface area contributed by atoms with Crippen LogP contribution in [0.3, 0.4) is 0 Å². The summed E-state index contributed by atoms with van der Waals surface area (Å²) in [6.07, 6.45) is 2.68. The number of rotatable bonds is 2. The molecule has 1 rings (SSSR count). The molecule has 1 aromatic rings. The van der Waals surface area contributed by atoms with Gasteiger partial charge in [0.1, 0.15) is 0 Å². The highest BCUT2D eigenvalue weighted by Gasteiger charge is 1.85. The Balaban J connectivity index is 0.00000121. The summed E-state index contributed by atoms with van der Waals surface area (Å²) in [6, 6.07) is 9.31. The lowest BCUT2D eigenvalue weighted by molar-refractivity contribution is -0.131. The molecule has 0 aliphatic rings. The number of benzene rings is 1. The van der Waals surface area contributed by atoms with Crippen LogP contribution in [0.15, 0.2) is 36.4 Å². The molecule has 0 unspecified atom stereocenters. The van der Waals surface area contributed by atoms with E-state index in [1.807, 2.05) is 30.3 Å². The van der Waals surface area contributed by atoms with Crippen molar-refractivity contribution < 1.29 is 9.90 Å². The van der Waals surface area contributed by atoms with E-state index in [9.17, 15) is 4.79 Å². The van der Waals surface area contributed by atoms with Gasteiger partial charge in [0.15, 0.2) is 17.4 Å². The second-order valence-corrected chi connectivity index (χ2v) is 2.08. The first kappa shape index (κ1) is 11.0. The van der Waals surface area contributed by atoms with Crippen LogP contribution in [0.25, 0.3) is 6.08 Å². The Kier molecular flexibility index (Phi) is 5.11. The van der Waals surface area contributed by atoms with E-state index in [2.05, 4.69) is 0 Å². The molecule has 0 aliphatic heterocycles. The molecule has 0 aromatic heterocycles. The summed E-state index contributed by atoms with van der Waals surface area (Å²) < 4.78 is 0. The fourth-order valence-corrected chi connectivity index (χ4v) is 0.732. The van der Waals surface area contributed by atoms with E-state index in [1.54, 1.807) is 6.08 Å². The fraction of sp³-hybridized carbons (Fsp3) is 0. The smallest absolute Gasteiger partial charge is 0.328 e. The molecule has 0 spiro atoms. The van der Waals surface area contributed by atoms with Gasteiger partial charge in [-0.05, 0) is 11.6 Å². The van der Waals surface area contributed by atoms with Crippen LogP contribution < -0.4 is 0 Å². The van der Waals surface area contributed by atoms with Crippen LogP contribution in [0.1, 0.15) is 5.56 Å². The van der Waals surface area contributed by atoms with Crippen LogP contribution in [0.5, 0.6) is 0 Å². The number of carboxylic acid groups (broad SMARTS) is 1. The highest BCUT2D eigenvalue weighted by atomic mass is 27.0. The molecule has 0 aliphatic carbocycles. The minimum atomic E-state index is -0.922. The van der Waals surface area contributed by atoms with Gasteiger partial charge in [0.25, 0.3) is 0 Å². The van der Waals surface area contributed by atoms with E-state index < -0.39 is 5.97 Å². The maximum atomic E-state index is 10.1. The van der Waals surface area contributed by atoms with Gasteiger partial charge in [0.2, 0.25) is 0 Å². The summed E-state index contributed by atoms with van der Waals surface area (Å²) in [6.45, 7) is 0. The van der Waals surface area contributed by atoms with Gasteiger partial charge in [-0.25, -0.2) is 4.79 Å². The van der Waals surface area contributed by atoms with Crippen LogP contribution >= 0.6 is 0 Å². The van der Waals surface area contributed by atoms with Gasteiger partial charge in [-0.15, -0.1) is 0 Å². The average Bonchev–Trinajstić information content (AvgIpc) is 2.03. The van der Waals surface area contributed by atoms with E-state index in [-0.39, 0.29) is 17.4 Å². The van der Waals surface area contributed by atoms with Crippen molar-refractivity contribution in [2.75, 3.05) is 0 Å². The summed E-state index contributed by atoms with van der Waals surface area (Å²) in [5.41, 5.74) is 0.898. The summed E-state index contributed by atoms with van der Waals surface area (Å²) >= 11 is 0. The van der Waals surface area contributed by atoms with Crippen LogP contribution in [0.2, 0.25) is 0 Å². The average molecular weight is 178 g/mol. The lowest BCUT2D eigenvalue weighted by atomic mass is 10.2. The summed E-state index contributed by atoms with van der Waals surface area (Å²) in [7, 11) is 0. The molecule has 0 amide bonds. The third kappa shape index (κ3) is 3.97. The number of carbonyl (C=O) groups is 1. The quantitative estimate of drug-likeness (QED) is 0.532. The van der Waals surface area contributed by atoms with Crippen molar-refractivity contribution in [3.8, 4) is 0 Å². The van der Waals surface area contributed by atoms with Gasteiger partial charge in [-0.3, -0.25) is 0 Å². The van der Waals surface area contributed by atoms with Crippen LogP contribution in [-0.4, -0.2) is 28.4 Å². The van der Waals surface area contributed by atoms with E-state index in [1.165, 1.54) is 0 Å². The Bertz CT molecular complexity index is 267. The van der Waals surface area contributed by atoms with E-state index in [0.717, 1.165) is 11.6 Å². The Hall–Kier alpha value is -1.04. The first-order valence-corrected chi connectivity index (χ1v) is 3.25. The van der Waals surface area contributed by atoms with Crippen LogP contribution in [-0.2, 0) is 4.79 Å². The van der Waals surface area contributed by atoms with Crippen molar-refractivity contribution in [1.29, 1.82) is 0 Å². The first-order valence-electron chi connectivity index (χ1n) is 3.25. The topological polar surface area (TPSA) is 37.3 Å². The molecule has 62 valence electrons. The standard InChI is InChI=1S/C9H8O2.Al.3H/c10-9(11)7-6-8-4-2-1-3-5-8;;;;/h1-7H,(H,10,11);;;;. The fourth-order valence-electron chi connectivity index (χ4n) is 0.732. The highest BCUT2D eigenvalue weighted by molar-refractivity contribution is 5.85. The molecule has 12 heavy (non-hydrogen) atoms. The lowest BCUT2D eigenvalue weighted by Gasteiger charge is -1.87. The van der Waals surface area contributed by atoms with Gasteiger partial charge in [-0.2, -0.15) is 0 Å². The zero-order valence-corrected chi connectivity index (χ0v) is 5.90. The van der Waals surface area contributed by atoms with Crippen LogP contribution in [0, 0.1) is 0 Å². The molecular weight excluding hydrogens is 167 g/mol. The molecule has 0 fully saturated rings. The van der Waals surface area contributed by atoms with Gasteiger partial charge in [0, 0.05) is 6.08 Å². The molecule has 1 N–H and O–H groups in total. The Morgan fingerprint density at radius 3 is 2.33 bits per heavy atom. The summed E-state index contributed by atoms with van der Waals surface area (Å²) in [4.78, 5) is 10.1. The molecule has 3 heteroatoms. The molecule has 1 aromatic carbocycles. The van der Waals surface area contributed by atoms with Crippen molar-refractivity contribution in [2.24, 2.45) is 0 Å². The predicted molar refractivity (Wildman–Crippen MR) is 53.1 cm³/mol. The van der Waals surface area contributed by atoms with E-state index in [4.69, 9.17) is 5.11 Å².